The number of hydrogen-bond acceptors (Lipinski definition) is 6. The molecule has 0 aromatic heterocycles. The summed E-state index contributed by atoms with van der Waals surface area (Å²) >= 11 is 0. The second-order valence-electron chi connectivity index (χ2n) is 11.7. The molecule has 1 aliphatic heterocycles. The molecule has 6 heteroatoms. The fraction of sp³-hybridized carbons (Fsp3) is 0.778. The quantitative estimate of drug-likeness (QED) is 0.486. The Morgan fingerprint density at radius 1 is 1.09 bits per heavy atom. The number of rotatable bonds is 2. The van der Waals surface area contributed by atoms with E-state index in [-0.39, 0.29) is 52.4 Å². The molecule has 3 saturated carbocycles. The summed E-state index contributed by atoms with van der Waals surface area (Å²) in [7, 11) is 0. The van der Waals surface area contributed by atoms with E-state index in [0.29, 0.717) is 18.8 Å². The first-order chi connectivity index (χ1) is 15.5. The first-order valence-corrected chi connectivity index (χ1v) is 12.6. The van der Waals surface area contributed by atoms with Crippen LogP contribution >= 0.6 is 0 Å². The smallest absolute Gasteiger partial charge is 0.303 e. The number of allylic oxidation sites excluding steroid dienone is 1. The lowest BCUT2D eigenvalue weighted by molar-refractivity contribution is -0.194. The Bertz CT molecular complexity index is 908. The van der Waals surface area contributed by atoms with Crippen LogP contribution in [0.25, 0.3) is 0 Å². The highest BCUT2D eigenvalue weighted by Crippen LogP contribution is 2.70. The molecule has 5 aliphatic rings. The summed E-state index contributed by atoms with van der Waals surface area (Å²) in [5.74, 6) is 0.148. The minimum Gasteiger partial charge on any atom is -0.462 e. The van der Waals surface area contributed by atoms with Crippen LogP contribution in [0.4, 0.5) is 0 Å². The van der Waals surface area contributed by atoms with Crippen LogP contribution < -0.4 is 0 Å². The van der Waals surface area contributed by atoms with E-state index in [1.54, 1.807) is 0 Å². The first-order valence-electron chi connectivity index (χ1n) is 12.6. The highest BCUT2D eigenvalue weighted by molar-refractivity contribution is 5.67. The lowest BCUT2D eigenvalue weighted by atomic mass is 9.45. The maximum Gasteiger partial charge on any atom is 0.303 e. The predicted octanol–water partition coefficient (Wildman–Crippen LogP) is 4.46. The predicted molar refractivity (Wildman–Crippen MR) is 122 cm³/mol. The van der Waals surface area contributed by atoms with Crippen molar-refractivity contribution < 1.29 is 28.9 Å². The van der Waals surface area contributed by atoms with Crippen LogP contribution in [-0.4, -0.2) is 41.1 Å². The largest absolute Gasteiger partial charge is 0.462 e. The van der Waals surface area contributed by atoms with E-state index in [1.165, 1.54) is 25.0 Å². The zero-order valence-electron chi connectivity index (χ0n) is 20.4. The lowest BCUT2D eigenvalue weighted by Gasteiger charge is -2.61. The van der Waals surface area contributed by atoms with Crippen LogP contribution in [0, 0.1) is 28.6 Å². The number of carbonyl (C=O) groups excluding carboxylic acids is 2. The second-order valence-corrected chi connectivity index (χ2v) is 11.7. The molecule has 4 aliphatic carbocycles. The first kappa shape index (κ1) is 23.1. The van der Waals surface area contributed by atoms with Crippen LogP contribution in [0.1, 0.15) is 79.1 Å². The molecule has 0 aromatic carbocycles. The number of aliphatic hydroxyl groups is 1. The fourth-order valence-electron chi connectivity index (χ4n) is 8.72. The van der Waals surface area contributed by atoms with Gasteiger partial charge in [-0.05, 0) is 61.9 Å². The molecule has 0 amide bonds. The van der Waals surface area contributed by atoms with E-state index in [9.17, 15) is 14.7 Å². The van der Waals surface area contributed by atoms with Gasteiger partial charge >= 0.3 is 11.9 Å². The summed E-state index contributed by atoms with van der Waals surface area (Å²) in [6.45, 7) is 12.2. The zero-order chi connectivity index (χ0) is 23.8. The summed E-state index contributed by atoms with van der Waals surface area (Å²) in [6.07, 6.45) is 7.83. The molecule has 0 radical (unpaired) electrons. The molecule has 4 fully saturated rings. The van der Waals surface area contributed by atoms with Gasteiger partial charge in [-0.15, -0.1) is 0 Å². The molecule has 9 atom stereocenters. The van der Waals surface area contributed by atoms with Gasteiger partial charge in [-0.2, -0.15) is 0 Å². The molecule has 1 heterocycles. The van der Waals surface area contributed by atoms with Crippen LogP contribution in [0.5, 0.6) is 0 Å². The van der Waals surface area contributed by atoms with E-state index >= 15 is 0 Å². The Labute approximate surface area is 196 Å². The molecule has 1 N–H and O–H groups in total. The summed E-state index contributed by atoms with van der Waals surface area (Å²) < 4.78 is 17.8. The minimum absolute atomic E-state index is 0.0812. The van der Waals surface area contributed by atoms with Crippen LogP contribution in [0.2, 0.25) is 0 Å². The van der Waals surface area contributed by atoms with E-state index in [2.05, 4.69) is 26.5 Å². The van der Waals surface area contributed by atoms with Gasteiger partial charge in [0, 0.05) is 38.0 Å². The van der Waals surface area contributed by atoms with Crippen molar-refractivity contribution in [3.63, 3.8) is 0 Å². The normalized spacial score (nSPS) is 48.5. The van der Waals surface area contributed by atoms with Gasteiger partial charge in [0.15, 0.2) is 6.29 Å². The third kappa shape index (κ3) is 3.35. The van der Waals surface area contributed by atoms with Crippen molar-refractivity contribution in [2.75, 3.05) is 0 Å². The minimum atomic E-state index is -0.692. The zero-order valence-corrected chi connectivity index (χ0v) is 20.4. The molecular formula is C27H38O6. The summed E-state index contributed by atoms with van der Waals surface area (Å²) in [4.78, 5) is 23.8. The highest BCUT2D eigenvalue weighted by Gasteiger charge is 2.68. The molecule has 182 valence electrons. The van der Waals surface area contributed by atoms with Gasteiger partial charge in [0.25, 0.3) is 0 Å². The van der Waals surface area contributed by atoms with Gasteiger partial charge in [-0.25, -0.2) is 0 Å². The molecular weight excluding hydrogens is 420 g/mol. The van der Waals surface area contributed by atoms with E-state index in [1.807, 2.05) is 0 Å². The Morgan fingerprint density at radius 2 is 1.79 bits per heavy atom. The monoisotopic (exact) mass is 458 g/mol. The Hall–Kier alpha value is -1.66. The number of ether oxygens (including phenoxy) is 3. The van der Waals surface area contributed by atoms with Gasteiger partial charge in [0.2, 0.25) is 0 Å². The average molecular weight is 459 g/mol. The lowest BCUT2D eigenvalue weighted by Crippen LogP contribution is -2.59. The highest BCUT2D eigenvalue weighted by atomic mass is 16.6. The molecule has 5 rings (SSSR count). The second kappa shape index (κ2) is 7.67. The third-order valence-corrected chi connectivity index (χ3v) is 9.99. The number of esters is 2. The summed E-state index contributed by atoms with van der Waals surface area (Å²) in [5, 5.41) is 10.3. The molecule has 0 bridgehead atoms. The Balaban J connectivity index is 1.56. The van der Waals surface area contributed by atoms with Gasteiger partial charge in [0.1, 0.15) is 12.2 Å². The van der Waals surface area contributed by atoms with Crippen molar-refractivity contribution in [2.24, 2.45) is 28.6 Å². The van der Waals surface area contributed by atoms with E-state index in [0.717, 1.165) is 38.5 Å². The van der Waals surface area contributed by atoms with Gasteiger partial charge < -0.3 is 19.3 Å². The van der Waals surface area contributed by atoms with Gasteiger partial charge in [0.05, 0.1) is 5.60 Å². The van der Waals surface area contributed by atoms with E-state index < -0.39 is 6.29 Å². The molecule has 1 spiro atoms. The maximum atomic E-state index is 12.2. The van der Waals surface area contributed by atoms with E-state index in [4.69, 9.17) is 14.2 Å². The average Bonchev–Trinajstić information content (AvgIpc) is 3.22. The van der Waals surface area contributed by atoms with Crippen molar-refractivity contribution in [1.82, 2.24) is 0 Å². The molecule has 33 heavy (non-hydrogen) atoms. The molecule has 6 nitrogen and oxygen atoms in total. The Kier molecular flexibility index (Phi) is 5.37. The fourth-order valence-corrected chi connectivity index (χ4v) is 8.72. The van der Waals surface area contributed by atoms with Crippen LogP contribution in [0.15, 0.2) is 23.8 Å². The van der Waals surface area contributed by atoms with Gasteiger partial charge in [-0.1, -0.05) is 31.6 Å². The Morgan fingerprint density at radius 3 is 2.42 bits per heavy atom. The maximum absolute atomic E-state index is 12.2. The molecule has 0 aromatic rings. The molecule has 4 unspecified atom stereocenters. The van der Waals surface area contributed by atoms with Crippen LogP contribution in [-0.2, 0) is 23.8 Å². The number of fused-ring (bicyclic) bond motifs is 6. The van der Waals surface area contributed by atoms with Crippen molar-refractivity contribution >= 4 is 11.9 Å². The topological polar surface area (TPSA) is 82.1 Å². The third-order valence-electron chi connectivity index (χ3n) is 9.99. The van der Waals surface area contributed by atoms with Crippen molar-refractivity contribution in [2.45, 2.75) is 103 Å². The summed E-state index contributed by atoms with van der Waals surface area (Å²) in [5.41, 5.74) is 1.89. The van der Waals surface area contributed by atoms with Gasteiger partial charge in [-0.3, -0.25) is 9.59 Å². The number of carbonyl (C=O) groups is 2. The number of aliphatic hydroxyl groups excluding tert-OH is 1. The summed E-state index contributed by atoms with van der Waals surface area (Å²) in [6, 6.07) is 0. The van der Waals surface area contributed by atoms with Crippen molar-refractivity contribution in [3.05, 3.63) is 23.8 Å². The van der Waals surface area contributed by atoms with Crippen LogP contribution in [0.3, 0.4) is 0 Å². The molecule has 1 saturated heterocycles. The van der Waals surface area contributed by atoms with Crippen molar-refractivity contribution in [1.29, 1.82) is 0 Å². The SMILES string of the molecule is C=C1CC2(C)[C@@H](CC[C@@]23CCC(O)O3)[C@H]2C1C1(C)CC[C@H](OC(C)=O)CC1=C[C@@H]2OC(C)=O. The standard InChI is InChI=1S/C27H38O6/c1-15-14-26(5)20(7-10-27(26)11-8-22(30)33-27)23-21(32-17(3)29)13-18-12-19(31-16(2)28)6-9-25(18,4)24(15)23/h13,19-24,30H,1,6-12,14H2,2-5H3/t19-,20-,21-,22?,23+,24?,25?,26?,27+/m0/s1. The van der Waals surface area contributed by atoms with Crippen molar-refractivity contribution in [3.8, 4) is 0 Å². The number of hydrogen-bond donors (Lipinski definition) is 1.